The molecule has 0 unspecified atom stereocenters. The van der Waals surface area contributed by atoms with Crippen molar-refractivity contribution >= 4 is 43.1 Å². The molecule has 0 nitrogen and oxygen atoms in total. The van der Waals surface area contributed by atoms with Crippen LogP contribution in [0.25, 0.3) is 65.3 Å². The zero-order valence-electron chi connectivity index (χ0n) is 15.2. The Balaban J connectivity index is 1.87. The molecule has 7 rings (SSSR count). The molecule has 28 heavy (non-hydrogen) atoms. The molecule has 0 aliphatic heterocycles. The third-order valence-electron chi connectivity index (χ3n) is 6.37. The van der Waals surface area contributed by atoms with Gasteiger partial charge in [-0.05, 0) is 71.4 Å². The Morgan fingerprint density at radius 3 is 1.54 bits per heavy atom. The summed E-state index contributed by atoms with van der Waals surface area (Å²) in [6, 6.07) is 35.7. The molecule has 0 amide bonds. The lowest BCUT2D eigenvalue weighted by molar-refractivity contribution is 1.70. The molecule has 0 saturated heterocycles. The fourth-order valence-electron chi connectivity index (χ4n) is 5.27. The van der Waals surface area contributed by atoms with Crippen LogP contribution < -0.4 is 0 Å². The van der Waals surface area contributed by atoms with Gasteiger partial charge in [-0.25, -0.2) is 0 Å². The molecule has 0 fully saturated rings. The van der Waals surface area contributed by atoms with Crippen molar-refractivity contribution in [1.29, 1.82) is 0 Å². The van der Waals surface area contributed by atoms with Gasteiger partial charge in [0.2, 0.25) is 0 Å². The Hall–Kier alpha value is -3.64. The third kappa shape index (κ3) is 1.62. The molecule has 1 aliphatic carbocycles. The minimum absolute atomic E-state index is 1.33. The topological polar surface area (TPSA) is 0 Å². The number of hydrogen-bond acceptors (Lipinski definition) is 0. The van der Waals surface area contributed by atoms with Crippen molar-refractivity contribution in [3.63, 3.8) is 0 Å². The lowest BCUT2D eigenvalue weighted by Crippen LogP contribution is -1.86. The van der Waals surface area contributed by atoms with Gasteiger partial charge in [0.05, 0.1) is 0 Å². The number of benzene rings is 6. The molecule has 6 aromatic carbocycles. The molecule has 0 radical (unpaired) electrons. The van der Waals surface area contributed by atoms with Gasteiger partial charge in [-0.1, -0.05) is 91.0 Å². The summed E-state index contributed by atoms with van der Waals surface area (Å²) in [5, 5.41) is 10.8. The van der Waals surface area contributed by atoms with E-state index in [1.54, 1.807) is 0 Å². The van der Waals surface area contributed by atoms with Gasteiger partial charge in [-0.15, -0.1) is 0 Å². The van der Waals surface area contributed by atoms with E-state index in [1.807, 2.05) is 0 Å². The second-order valence-corrected chi connectivity index (χ2v) is 7.71. The summed E-state index contributed by atoms with van der Waals surface area (Å²) >= 11 is 0. The maximum absolute atomic E-state index is 2.43. The second kappa shape index (κ2) is 4.99. The van der Waals surface area contributed by atoms with E-state index in [2.05, 4.69) is 97.1 Å². The summed E-state index contributed by atoms with van der Waals surface area (Å²) in [6.07, 6.45) is 0. The van der Waals surface area contributed by atoms with E-state index in [4.69, 9.17) is 0 Å². The van der Waals surface area contributed by atoms with Gasteiger partial charge in [0.15, 0.2) is 0 Å². The summed E-state index contributed by atoms with van der Waals surface area (Å²) in [6.45, 7) is 0. The summed E-state index contributed by atoms with van der Waals surface area (Å²) in [5.41, 5.74) is 5.44. The van der Waals surface area contributed by atoms with Gasteiger partial charge < -0.3 is 0 Å². The fraction of sp³-hybridized carbons (Fsp3) is 0. The van der Waals surface area contributed by atoms with E-state index in [9.17, 15) is 0 Å². The van der Waals surface area contributed by atoms with E-state index in [1.165, 1.54) is 65.3 Å². The maximum atomic E-state index is 2.43. The minimum Gasteiger partial charge on any atom is -0.0616 e. The second-order valence-electron chi connectivity index (χ2n) is 7.71. The summed E-state index contributed by atoms with van der Waals surface area (Å²) in [4.78, 5) is 0. The first-order valence-corrected chi connectivity index (χ1v) is 9.80. The molecule has 0 aromatic heterocycles. The average Bonchev–Trinajstić information content (AvgIpc) is 3.09. The molecule has 0 spiro atoms. The zero-order valence-corrected chi connectivity index (χ0v) is 15.2. The Morgan fingerprint density at radius 1 is 0.286 bits per heavy atom. The highest BCUT2D eigenvalue weighted by atomic mass is 14.3. The molecule has 0 atom stereocenters. The van der Waals surface area contributed by atoms with Crippen molar-refractivity contribution in [1.82, 2.24) is 0 Å². The Morgan fingerprint density at radius 2 is 0.786 bits per heavy atom. The summed E-state index contributed by atoms with van der Waals surface area (Å²) < 4.78 is 0. The van der Waals surface area contributed by atoms with Crippen molar-refractivity contribution < 1.29 is 0 Å². The highest BCUT2D eigenvalue weighted by Gasteiger charge is 2.23. The standard InChI is InChI=1S/C28H16/c1-3-11-20-17(8-1)18-9-5-6-13-22(18)27-24-15-7-14-23-19-10-2-4-12-21(19)26(28(23)24)16-25(20)27/h1-16H. The molecule has 0 saturated carbocycles. The minimum atomic E-state index is 1.33. The maximum Gasteiger partial charge on any atom is -0.00197 e. The van der Waals surface area contributed by atoms with Crippen LogP contribution in [-0.2, 0) is 0 Å². The molecule has 1 aliphatic rings. The molecular weight excluding hydrogens is 336 g/mol. The number of hydrogen-bond donors (Lipinski definition) is 0. The van der Waals surface area contributed by atoms with Crippen LogP contribution in [0.3, 0.4) is 0 Å². The zero-order chi connectivity index (χ0) is 18.2. The largest absolute Gasteiger partial charge is 0.0616 e. The molecule has 0 heterocycles. The van der Waals surface area contributed by atoms with Gasteiger partial charge in [0, 0.05) is 0 Å². The Labute approximate surface area is 162 Å². The van der Waals surface area contributed by atoms with Gasteiger partial charge in [0.1, 0.15) is 0 Å². The first kappa shape index (κ1) is 14.4. The first-order valence-electron chi connectivity index (χ1n) is 9.80. The molecule has 6 aromatic rings. The van der Waals surface area contributed by atoms with Crippen molar-refractivity contribution in [2.45, 2.75) is 0 Å². The van der Waals surface area contributed by atoms with Gasteiger partial charge in [-0.3, -0.25) is 0 Å². The van der Waals surface area contributed by atoms with Crippen LogP contribution in [0.15, 0.2) is 97.1 Å². The molecular formula is C28H16. The van der Waals surface area contributed by atoms with Crippen molar-refractivity contribution in [3.8, 4) is 22.3 Å². The third-order valence-corrected chi connectivity index (χ3v) is 6.37. The van der Waals surface area contributed by atoms with Crippen LogP contribution in [0.1, 0.15) is 0 Å². The van der Waals surface area contributed by atoms with Crippen LogP contribution in [-0.4, -0.2) is 0 Å². The highest BCUT2D eigenvalue weighted by Crippen LogP contribution is 2.51. The van der Waals surface area contributed by atoms with E-state index in [0.29, 0.717) is 0 Å². The van der Waals surface area contributed by atoms with Crippen LogP contribution in [0.5, 0.6) is 0 Å². The average molecular weight is 352 g/mol. The fourth-order valence-corrected chi connectivity index (χ4v) is 5.27. The van der Waals surface area contributed by atoms with Crippen LogP contribution >= 0.6 is 0 Å². The lowest BCUT2D eigenvalue weighted by atomic mass is 9.89. The summed E-state index contributed by atoms with van der Waals surface area (Å²) in [7, 11) is 0. The van der Waals surface area contributed by atoms with Gasteiger partial charge >= 0.3 is 0 Å². The van der Waals surface area contributed by atoms with E-state index < -0.39 is 0 Å². The van der Waals surface area contributed by atoms with E-state index in [0.717, 1.165) is 0 Å². The van der Waals surface area contributed by atoms with Crippen molar-refractivity contribution in [2.75, 3.05) is 0 Å². The van der Waals surface area contributed by atoms with Crippen LogP contribution in [0.4, 0.5) is 0 Å². The molecule has 128 valence electrons. The van der Waals surface area contributed by atoms with Crippen molar-refractivity contribution in [3.05, 3.63) is 97.1 Å². The number of rotatable bonds is 0. The normalized spacial score (nSPS) is 12.3. The quantitative estimate of drug-likeness (QED) is 0.243. The molecule has 0 bridgehead atoms. The lowest BCUT2D eigenvalue weighted by Gasteiger charge is -2.14. The molecule has 0 heteroatoms. The Bertz CT molecular complexity index is 1600. The van der Waals surface area contributed by atoms with Crippen LogP contribution in [0.2, 0.25) is 0 Å². The predicted octanol–water partition coefficient (Wildman–Crippen LogP) is 7.95. The van der Waals surface area contributed by atoms with E-state index >= 15 is 0 Å². The SMILES string of the molecule is c1ccc2c(c1)-c1cccc3c1c-2cc1c2ccccc2c2ccccc2c31. The van der Waals surface area contributed by atoms with Crippen LogP contribution in [0, 0.1) is 0 Å². The van der Waals surface area contributed by atoms with Crippen molar-refractivity contribution in [2.24, 2.45) is 0 Å². The molecule has 0 N–H and O–H groups in total. The van der Waals surface area contributed by atoms with Gasteiger partial charge in [0.25, 0.3) is 0 Å². The highest BCUT2D eigenvalue weighted by molar-refractivity contribution is 6.35. The smallest absolute Gasteiger partial charge is 0.00197 e. The van der Waals surface area contributed by atoms with E-state index in [-0.39, 0.29) is 0 Å². The summed E-state index contributed by atoms with van der Waals surface area (Å²) in [5.74, 6) is 0. The first-order chi connectivity index (χ1) is 13.9. The monoisotopic (exact) mass is 352 g/mol. The predicted molar refractivity (Wildman–Crippen MR) is 121 cm³/mol. The van der Waals surface area contributed by atoms with Gasteiger partial charge in [-0.2, -0.15) is 0 Å². The Kier molecular flexibility index (Phi) is 2.57. The number of fused-ring (bicyclic) bond motifs is 10.